The molecule has 1 aromatic heterocycles. The Balaban J connectivity index is 1.67. The van der Waals surface area contributed by atoms with Gasteiger partial charge in [0.25, 0.3) is 5.91 Å². The highest BCUT2D eigenvalue weighted by Gasteiger charge is 2.25. The van der Waals surface area contributed by atoms with E-state index >= 15 is 0 Å². The van der Waals surface area contributed by atoms with Gasteiger partial charge in [-0.2, -0.15) is 0 Å². The maximum Gasteiger partial charge on any atom is 0.257 e. The number of amides is 2. The quantitative estimate of drug-likeness (QED) is 0.820. The van der Waals surface area contributed by atoms with Crippen molar-refractivity contribution in [1.29, 1.82) is 0 Å². The average Bonchev–Trinajstić information content (AvgIpc) is 3.03. The van der Waals surface area contributed by atoms with E-state index in [0.29, 0.717) is 48.5 Å². The molecule has 2 amide bonds. The summed E-state index contributed by atoms with van der Waals surface area (Å²) in [5.41, 5.74) is 1.51. The number of fused-ring (bicyclic) bond motifs is 1. The first kappa shape index (κ1) is 19.4. The van der Waals surface area contributed by atoms with Gasteiger partial charge in [-0.3, -0.25) is 14.9 Å². The van der Waals surface area contributed by atoms with Crippen molar-refractivity contribution in [3.05, 3.63) is 40.4 Å². The molecule has 0 bridgehead atoms. The number of rotatable bonds is 6. The number of aromatic nitrogens is 1. The molecular weight excluding hydrogens is 362 g/mol. The lowest BCUT2D eigenvalue weighted by molar-refractivity contribution is -0.132. The minimum atomic E-state index is -0.213. The van der Waals surface area contributed by atoms with Crippen molar-refractivity contribution in [2.75, 3.05) is 18.5 Å². The monoisotopic (exact) mass is 387 g/mol. The summed E-state index contributed by atoms with van der Waals surface area (Å²) in [5.74, 6) is 0.989. The Morgan fingerprint density at radius 3 is 2.93 bits per heavy atom. The second-order valence-electron chi connectivity index (χ2n) is 6.97. The van der Waals surface area contributed by atoms with Crippen LogP contribution in [0.5, 0.6) is 5.75 Å². The molecule has 1 aliphatic rings. The Bertz CT molecular complexity index is 832. The Hall–Kier alpha value is -2.41. The van der Waals surface area contributed by atoms with Crippen LogP contribution in [-0.4, -0.2) is 34.8 Å². The molecule has 0 unspecified atom stereocenters. The zero-order valence-corrected chi connectivity index (χ0v) is 16.8. The lowest BCUT2D eigenvalue weighted by Crippen LogP contribution is -2.36. The molecule has 0 saturated heterocycles. The zero-order valence-electron chi connectivity index (χ0n) is 15.9. The van der Waals surface area contributed by atoms with Crippen LogP contribution in [0.1, 0.15) is 48.1 Å². The summed E-state index contributed by atoms with van der Waals surface area (Å²) in [4.78, 5) is 32.3. The molecule has 1 N–H and O–H groups in total. The molecule has 0 radical (unpaired) electrons. The number of ether oxygens (including phenoxy) is 1. The lowest BCUT2D eigenvalue weighted by Gasteiger charge is -2.26. The Morgan fingerprint density at radius 2 is 2.19 bits per heavy atom. The van der Waals surface area contributed by atoms with E-state index < -0.39 is 0 Å². The summed E-state index contributed by atoms with van der Waals surface area (Å²) < 4.78 is 5.44. The van der Waals surface area contributed by atoms with Gasteiger partial charge in [-0.15, -0.1) is 0 Å². The van der Waals surface area contributed by atoms with Crippen molar-refractivity contribution in [3.8, 4) is 5.75 Å². The summed E-state index contributed by atoms with van der Waals surface area (Å²) in [6.07, 6.45) is 1.29. The SMILES string of the molecule is CCOc1cccc(C(=O)Nc2nc3c(s2)CN(C(=O)CC(C)C)CC3)c1. The third kappa shape index (κ3) is 4.86. The van der Waals surface area contributed by atoms with Gasteiger partial charge in [-0.05, 0) is 31.0 Å². The molecule has 3 rings (SSSR count). The lowest BCUT2D eigenvalue weighted by atomic mass is 10.1. The van der Waals surface area contributed by atoms with Crippen LogP contribution in [0.25, 0.3) is 0 Å². The van der Waals surface area contributed by atoms with Crippen LogP contribution in [0, 0.1) is 5.92 Å². The third-order valence-electron chi connectivity index (χ3n) is 4.29. The molecule has 27 heavy (non-hydrogen) atoms. The maximum atomic E-state index is 12.5. The largest absolute Gasteiger partial charge is 0.494 e. The number of hydrogen-bond acceptors (Lipinski definition) is 5. The molecule has 144 valence electrons. The molecule has 7 heteroatoms. The van der Waals surface area contributed by atoms with Crippen molar-refractivity contribution in [1.82, 2.24) is 9.88 Å². The predicted octanol–water partition coefficient (Wildman–Crippen LogP) is 3.72. The van der Waals surface area contributed by atoms with E-state index in [-0.39, 0.29) is 11.8 Å². The van der Waals surface area contributed by atoms with E-state index in [4.69, 9.17) is 4.74 Å². The molecule has 2 aromatic rings. The maximum absolute atomic E-state index is 12.5. The summed E-state index contributed by atoms with van der Waals surface area (Å²) >= 11 is 1.44. The second-order valence-corrected chi connectivity index (χ2v) is 8.05. The fourth-order valence-electron chi connectivity index (χ4n) is 3.00. The van der Waals surface area contributed by atoms with Gasteiger partial charge in [-0.25, -0.2) is 4.98 Å². The topological polar surface area (TPSA) is 71.5 Å². The molecule has 0 fully saturated rings. The van der Waals surface area contributed by atoms with Gasteiger partial charge in [0.15, 0.2) is 5.13 Å². The number of nitrogens with zero attached hydrogens (tertiary/aromatic N) is 2. The number of hydrogen-bond donors (Lipinski definition) is 1. The normalized spacial score (nSPS) is 13.4. The van der Waals surface area contributed by atoms with E-state index in [0.717, 1.165) is 17.0 Å². The Labute approximate surface area is 163 Å². The average molecular weight is 388 g/mol. The molecule has 1 aromatic carbocycles. The summed E-state index contributed by atoms with van der Waals surface area (Å²) in [5, 5.41) is 3.44. The molecule has 0 aliphatic carbocycles. The highest BCUT2D eigenvalue weighted by atomic mass is 32.1. The minimum absolute atomic E-state index is 0.183. The fraction of sp³-hybridized carbons (Fsp3) is 0.450. The Morgan fingerprint density at radius 1 is 1.37 bits per heavy atom. The van der Waals surface area contributed by atoms with Gasteiger partial charge in [0.05, 0.1) is 18.8 Å². The first-order valence-corrected chi connectivity index (χ1v) is 10.1. The van der Waals surface area contributed by atoms with Crippen molar-refractivity contribution >= 4 is 28.3 Å². The Kier molecular flexibility index (Phi) is 6.11. The predicted molar refractivity (Wildman–Crippen MR) is 106 cm³/mol. The van der Waals surface area contributed by atoms with E-state index in [9.17, 15) is 9.59 Å². The van der Waals surface area contributed by atoms with E-state index in [1.807, 2.05) is 31.7 Å². The van der Waals surface area contributed by atoms with Crippen molar-refractivity contribution in [2.24, 2.45) is 5.92 Å². The molecule has 0 atom stereocenters. The summed E-state index contributed by atoms with van der Waals surface area (Å²) in [6, 6.07) is 7.09. The second kappa shape index (κ2) is 8.52. The first-order valence-electron chi connectivity index (χ1n) is 9.26. The number of benzene rings is 1. The van der Waals surface area contributed by atoms with Crippen LogP contribution in [0.2, 0.25) is 0 Å². The van der Waals surface area contributed by atoms with Crippen LogP contribution in [0.4, 0.5) is 5.13 Å². The zero-order chi connectivity index (χ0) is 19.4. The third-order valence-corrected chi connectivity index (χ3v) is 5.29. The van der Waals surface area contributed by atoms with Crippen molar-refractivity contribution < 1.29 is 14.3 Å². The van der Waals surface area contributed by atoms with Crippen LogP contribution in [0.3, 0.4) is 0 Å². The van der Waals surface area contributed by atoms with Gasteiger partial charge in [-0.1, -0.05) is 31.3 Å². The smallest absolute Gasteiger partial charge is 0.257 e. The van der Waals surface area contributed by atoms with Crippen LogP contribution >= 0.6 is 11.3 Å². The summed E-state index contributed by atoms with van der Waals surface area (Å²) in [7, 11) is 0. The fourth-order valence-corrected chi connectivity index (χ4v) is 4.02. The number of nitrogens with one attached hydrogen (secondary N) is 1. The van der Waals surface area contributed by atoms with E-state index in [1.165, 1.54) is 11.3 Å². The van der Waals surface area contributed by atoms with Gasteiger partial charge in [0.1, 0.15) is 5.75 Å². The van der Waals surface area contributed by atoms with Crippen LogP contribution in [0.15, 0.2) is 24.3 Å². The van der Waals surface area contributed by atoms with Crippen molar-refractivity contribution in [3.63, 3.8) is 0 Å². The molecule has 1 aliphatic heterocycles. The highest BCUT2D eigenvalue weighted by molar-refractivity contribution is 7.15. The highest BCUT2D eigenvalue weighted by Crippen LogP contribution is 2.29. The van der Waals surface area contributed by atoms with E-state index in [2.05, 4.69) is 10.3 Å². The number of carbonyl (C=O) groups excluding carboxylic acids is 2. The summed E-state index contributed by atoms with van der Waals surface area (Å²) in [6.45, 7) is 7.82. The molecule has 0 saturated carbocycles. The number of thiazole rings is 1. The van der Waals surface area contributed by atoms with Gasteiger partial charge >= 0.3 is 0 Å². The molecule has 2 heterocycles. The van der Waals surface area contributed by atoms with E-state index in [1.54, 1.807) is 18.2 Å². The molecule has 6 nitrogen and oxygen atoms in total. The van der Waals surface area contributed by atoms with Gasteiger partial charge in [0, 0.05) is 29.8 Å². The minimum Gasteiger partial charge on any atom is -0.494 e. The first-order chi connectivity index (χ1) is 13.0. The number of anilines is 1. The molecule has 0 spiro atoms. The van der Waals surface area contributed by atoms with Crippen LogP contribution < -0.4 is 10.1 Å². The van der Waals surface area contributed by atoms with Crippen LogP contribution in [-0.2, 0) is 17.8 Å². The van der Waals surface area contributed by atoms with Gasteiger partial charge in [0.2, 0.25) is 5.91 Å². The molecular formula is C20H25N3O3S. The standard InChI is InChI=1S/C20H25N3O3S/c1-4-26-15-7-5-6-14(11-15)19(25)22-20-21-16-8-9-23(12-17(16)27-20)18(24)10-13(2)3/h5-7,11,13H,4,8-10,12H2,1-3H3,(H,21,22,25). The van der Waals surface area contributed by atoms with Gasteiger partial charge < -0.3 is 9.64 Å². The van der Waals surface area contributed by atoms with Crippen molar-refractivity contribution in [2.45, 2.75) is 40.2 Å². The number of carbonyl (C=O) groups is 2.